The second kappa shape index (κ2) is 7.87. The topological polar surface area (TPSA) is 89.3 Å². The van der Waals surface area contributed by atoms with Gasteiger partial charge in [0, 0.05) is 43.9 Å². The van der Waals surface area contributed by atoms with Gasteiger partial charge in [-0.2, -0.15) is 0 Å². The van der Waals surface area contributed by atoms with Crippen LogP contribution in [-0.4, -0.2) is 56.5 Å². The highest BCUT2D eigenvalue weighted by atomic mass is 16.5. The SMILES string of the molecule is O=C(NCCCn1ccnc1)C1OCC(=O)N(C2CC2)C1c1cccnc1. The zero-order chi connectivity index (χ0) is 18.6. The van der Waals surface area contributed by atoms with Crippen LogP contribution in [-0.2, 0) is 20.9 Å². The first-order valence-electron chi connectivity index (χ1n) is 9.30. The number of morpholine rings is 1. The van der Waals surface area contributed by atoms with Gasteiger partial charge >= 0.3 is 0 Å². The fourth-order valence-corrected chi connectivity index (χ4v) is 3.51. The van der Waals surface area contributed by atoms with Crippen LogP contribution in [0, 0.1) is 0 Å². The van der Waals surface area contributed by atoms with Crippen LogP contribution in [0.2, 0.25) is 0 Å². The fourth-order valence-electron chi connectivity index (χ4n) is 3.51. The van der Waals surface area contributed by atoms with Gasteiger partial charge in [-0.1, -0.05) is 6.07 Å². The third-order valence-electron chi connectivity index (χ3n) is 4.94. The molecule has 142 valence electrons. The molecular weight excluding hydrogens is 346 g/mol. The van der Waals surface area contributed by atoms with E-state index in [0.717, 1.165) is 31.4 Å². The summed E-state index contributed by atoms with van der Waals surface area (Å²) >= 11 is 0. The zero-order valence-corrected chi connectivity index (χ0v) is 15.0. The third-order valence-corrected chi connectivity index (χ3v) is 4.94. The zero-order valence-electron chi connectivity index (χ0n) is 15.0. The maximum absolute atomic E-state index is 12.8. The lowest BCUT2D eigenvalue weighted by Crippen LogP contribution is -2.55. The lowest BCUT2D eigenvalue weighted by molar-refractivity contribution is -0.165. The Morgan fingerprint density at radius 1 is 1.30 bits per heavy atom. The molecule has 2 fully saturated rings. The number of hydrogen-bond acceptors (Lipinski definition) is 5. The van der Waals surface area contributed by atoms with E-state index in [1.807, 2.05) is 27.8 Å². The highest BCUT2D eigenvalue weighted by molar-refractivity contribution is 5.86. The number of imidazole rings is 1. The fraction of sp³-hybridized carbons (Fsp3) is 0.474. The number of aromatic nitrogens is 3. The minimum absolute atomic E-state index is 0.0552. The summed E-state index contributed by atoms with van der Waals surface area (Å²) in [6.45, 7) is 1.26. The maximum Gasteiger partial charge on any atom is 0.251 e. The molecule has 3 heterocycles. The number of hydrogen-bond donors (Lipinski definition) is 1. The van der Waals surface area contributed by atoms with Crippen LogP contribution in [0.4, 0.5) is 0 Å². The van der Waals surface area contributed by atoms with Crippen molar-refractivity contribution in [3.63, 3.8) is 0 Å². The van der Waals surface area contributed by atoms with Gasteiger partial charge in [0.2, 0.25) is 5.91 Å². The summed E-state index contributed by atoms with van der Waals surface area (Å²) in [4.78, 5) is 35.3. The molecule has 2 aliphatic rings. The van der Waals surface area contributed by atoms with E-state index >= 15 is 0 Å². The molecule has 2 aromatic heterocycles. The van der Waals surface area contributed by atoms with E-state index in [1.165, 1.54) is 0 Å². The van der Waals surface area contributed by atoms with Crippen molar-refractivity contribution in [1.29, 1.82) is 0 Å². The monoisotopic (exact) mass is 369 g/mol. The van der Waals surface area contributed by atoms with E-state index in [9.17, 15) is 9.59 Å². The molecule has 1 N–H and O–H groups in total. The molecule has 2 atom stereocenters. The van der Waals surface area contributed by atoms with Crippen LogP contribution in [0.3, 0.4) is 0 Å². The molecule has 8 heteroatoms. The van der Waals surface area contributed by atoms with Gasteiger partial charge in [-0.15, -0.1) is 0 Å². The largest absolute Gasteiger partial charge is 0.356 e. The molecule has 4 rings (SSSR count). The van der Waals surface area contributed by atoms with Crippen LogP contribution in [0.1, 0.15) is 30.9 Å². The van der Waals surface area contributed by atoms with Gasteiger partial charge < -0.3 is 19.5 Å². The average Bonchev–Trinajstić information content (AvgIpc) is 3.40. The second-order valence-corrected chi connectivity index (χ2v) is 6.94. The summed E-state index contributed by atoms with van der Waals surface area (Å²) in [6.07, 6.45) is 10.8. The minimum atomic E-state index is -0.722. The summed E-state index contributed by atoms with van der Waals surface area (Å²) < 4.78 is 7.65. The third kappa shape index (κ3) is 4.00. The number of carbonyl (C=O) groups is 2. The van der Waals surface area contributed by atoms with Gasteiger partial charge in [-0.25, -0.2) is 4.98 Å². The van der Waals surface area contributed by atoms with Crippen LogP contribution in [0.15, 0.2) is 43.2 Å². The number of nitrogens with zero attached hydrogens (tertiary/aromatic N) is 4. The van der Waals surface area contributed by atoms with E-state index in [1.54, 1.807) is 24.9 Å². The normalized spacial score (nSPS) is 22.7. The first-order valence-corrected chi connectivity index (χ1v) is 9.30. The summed E-state index contributed by atoms with van der Waals surface area (Å²) in [5.74, 6) is -0.247. The van der Waals surface area contributed by atoms with E-state index in [2.05, 4.69) is 15.3 Å². The molecule has 0 radical (unpaired) electrons. The second-order valence-electron chi connectivity index (χ2n) is 6.94. The standard InChI is InChI=1S/C19H23N5O3/c25-16-12-27-18(19(26)22-7-2-9-23-10-8-21-13-23)17(24(16)15-4-5-15)14-3-1-6-20-11-14/h1,3,6,8,10-11,13,15,17-18H,2,4-5,7,9,12H2,(H,22,26). The van der Waals surface area contributed by atoms with Gasteiger partial charge in [0.15, 0.2) is 6.10 Å². The van der Waals surface area contributed by atoms with Gasteiger partial charge in [-0.05, 0) is 30.9 Å². The Morgan fingerprint density at radius 2 is 2.19 bits per heavy atom. The smallest absolute Gasteiger partial charge is 0.251 e. The van der Waals surface area contributed by atoms with Gasteiger partial charge in [-0.3, -0.25) is 14.6 Å². The van der Waals surface area contributed by atoms with Crippen molar-refractivity contribution in [2.75, 3.05) is 13.2 Å². The Hall–Kier alpha value is -2.74. The quantitative estimate of drug-likeness (QED) is 0.733. The number of nitrogens with one attached hydrogen (secondary N) is 1. The highest BCUT2D eigenvalue weighted by Crippen LogP contribution is 2.39. The molecule has 2 amide bonds. The number of pyridine rings is 1. The lowest BCUT2D eigenvalue weighted by atomic mass is 9.98. The molecule has 1 saturated heterocycles. The van der Waals surface area contributed by atoms with E-state index < -0.39 is 12.1 Å². The van der Waals surface area contributed by atoms with Gasteiger partial charge in [0.1, 0.15) is 6.61 Å². The molecule has 0 spiro atoms. The van der Waals surface area contributed by atoms with Crippen molar-refractivity contribution in [3.05, 3.63) is 48.8 Å². The van der Waals surface area contributed by atoms with Crippen LogP contribution >= 0.6 is 0 Å². The molecule has 1 saturated carbocycles. The molecule has 1 aliphatic carbocycles. The molecular formula is C19H23N5O3. The minimum Gasteiger partial charge on any atom is -0.356 e. The predicted octanol–water partition coefficient (Wildman–Crippen LogP) is 0.915. The first kappa shape index (κ1) is 17.7. The van der Waals surface area contributed by atoms with Crippen molar-refractivity contribution in [2.45, 2.75) is 44.0 Å². The van der Waals surface area contributed by atoms with Gasteiger partial charge in [0.25, 0.3) is 5.91 Å². The van der Waals surface area contributed by atoms with E-state index in [0.29, 0.717) is 6.54 Å². The van der Waals surface area contributed by atoms with Crippen molar-refractivity contribution in [3.8, 4) is 0 Å². The predicted molar refractivity (Wildman–Crippen MR) is 96.4 cm³/mol. The number of aryl methyl sites for hydroxylation is 1. The Balaban J connectivity index is 1.44. The summed E-state index contributed by atoms with van der Waals surface area (Å²) in [7, 11) is 0. The van der Waals surface area contributed by atoms with Crippen LogP contribution in [0.5, 0.6) is 0 Å². The molecule has 8 nitrogen and oxygen atoms in total. The van der Waals surface area contributed by atoms with Crippen molar-refractivity contribution in [2.24, 2.45) is 0 Å². The first-order chi connectivity index (χ1) is 13.2. The van der Waals surface area contributed by atoms with Crippen molar-refractivity contribution >= 4 is 11.8 Å². The van der Waals surface area contributed by atoms with Crippen molar-refractivity contribution in [1.82, 2.24) is 24.8 Å². The number of ether oxygens (including phenoxy) is 1. The molecule has 0 bridgehead atoms. The summed E-state index contributed by atoms with van der Waals surface area (Å²) in [5.41, 5.74) is 0.830. The Bertz CT molecular complexity index is 776. The van der Waals surface area contributed by atoms with Crippen molar-refractivity contribution < 1.29 is 14.3 Å². The molecule has 27 heavy (non-hydrogen) atoms. The highest BCUT2D eigenvalue weighted by Gasteiger charge is 2.47. The number of amides is 2. The van der Waals surface area contributed by atoms with Crippen LogP contribution in [0.25, 0.3) is 0 Å². The van der Waals surface area contributed by atoms with E-state index in [-0.39, 0.29) is 24.5 Å². The summed E-state index contributed by atoms with van der Waals surface area (Å²) in [5, 5.41) is 2.95. The molecule has 2 unspecified atom stereocenters. The Labute approximate surface area is 157 Å². The Morgan fingerprint density at radius 3 is 2.89 bits per heavy atom. The van der Waals surface area contributed by atoms with Gasteiger partial charge in [0.05, 0.1) is 12.4 Å². The average molecular weight is 369 g/mol. The number of carbonyl (C=O) groups excluding carboxylic acids is 2. The molecule has 0 aromatic carbocycles. The number of rotatable bonds is 7. The maximum atomic E-state index is 12.8. The van der Waals surface area contributed by atoms with Crippen LogP contribution < -0.4 is 5.32 Å². The lowest BCUT2D eigenvalue weighted by Gasteiger charge is -2.40. The Kier molecular flexibility index (Phi) is 5.15. The molecule has 1 aliphatic heterocycles. The molecule has 2 aromatic rings. The summed E-state index contributed by atoms with van der Waals surface area (Å²) in [6, 6.07) is 3.48. The van der Waals surface area contributed by atoms with E-state index in [4.69, 9.17) is 4.74 Å².